The van der Waals surface area contributed by atoms with E-state index < -0.39 is 0 Å². The minimum Gasteiger partial charge on any atom is -0.367 e. The second-order valence-corrected chi connectivity index (χ2v) is 6.65. The van der Waals surface area contributed by atoms with E-state index in [1.165, 1.54) is 6.07 Å². The second-order valence-electron chi connectivity index (χ2n) is 6.65. The average Bonchev–Trinajstić information content (AvgIpc) is 2.75. The van der Waals surface area contributed by atoms with Gasteiger partial charge in [0, 0.05) is 31.7 Å². The van der Waals surface area contributed by atoms with Crippen molar-refractivity contribution in [3.8, 4) is 0 Å². The Hall–Kier alpha value is -3.41. The van der Waals surface area contributed by atoms with Crippen LogP contribution in [0.3, 0.4) is 0 Å². The van der Waals surface area contributed by atoms with E-state index in [4.69, 9.17) is 0 Å². The third-order valence-corrected chi connectivity index (χ3v) is 4.86. The molecule has 1 aromatic heterocycles. The number of aromatic nitrogens is 1. The zero-order valence-corrected chi connectivity index (χ0v) is 15.4. The third kappa shape index (κ3) is 3.96. The number of nitrogens with zero attached hydrogens (tertiary/aromatic N) is 3. The summed E-state index contributed by atoms with van der Waals surface area (Å²) in [5.74, 6) is 0.151. The molecule has 1 saturated heterocycles. The molecule has 0 bridgehead atoms. The maximum atomic E-state index is 14.0. The fraction of sp³-hybridized carbons (Fsp3) is 0.182. The molecule has 4 rings (SSSR count). The Kier molecular flexibility index (Phi) is 5.19. The van der Waals surface area contributed by atoms with Crippen molar-refractivity contribution < 1.29 is 9.18 Å². The van der Waals surface area contributed by atoms with E-state index in [-0.39, 0.29) is 11.7 Å². The monoisotopic (exact) mass is 376 g/mol. The van der Waals surface area contributed by atoms with Crippen LogP contribution in [-0.2, 0) is 0 Å². The average molecular weight is 376 g/mol. The SMILES string of the molecule is O=C(Nc1ccc(N2CCN(c3ccccc3F)CC2)cn1)c1ccccc1. The van der Waals surface area contributed by atoms with Gasteiger partial charge >= 0.3 is 0 Å². The molecule has 0 atom stereocenters. The number of nitrogens with one attached hydrogen (secondary N) is 1. The minimum absolute atomic E-state index is 0.181. The van der Waals surface area contributed by atoms with Crippen LogP contribution >= 0.6 is 0 Å². The lowest BCUT2D eigenvalue weighted by Gasteiger charge is -2.37. The van der Waals surface area contributed by atoms with Crippen molar-refractivity contribution in [2.45, 2.75) is 0 Å². The van der Waals surface area contributed by atoms with E-state index in [2.05, 4.69) is 20.1 Å². The van der Waals surface area contributed by atoms with Crippen molar-refractivity contribution in [2.24, 2.45) is 0 Å². The smallest absolute Gasteiger partial charge is 0.256 e. The van der Waals surface area contributed by atoms with Crippen molar-refractivity contribution in [1.29, 1.82) is 0 Å². The topological polar surface area (TPSA) is 48.5 Å². The highest BCUT2D eigenvalue weighted by Crippen LogP contribution is 2.23. The standard InChI is InChI=1S/C22H21FN4O/c23-19-8-4-5-9-20(19)27-14-12-26(13-15-27)18-10-11-21(24-16-18)25-22(28)17-6-2-1-3-7-17/h1-11,16H,12-15H2,(H,24,25,28). The number of piperazine rings is 1. The Labute approximate surface area is 163 Å². The fourth-order valence-corrected chi connectivity index (χ4v) is 3.34. The number of amides is 1. The summed E-state index contributed by atoms with van der Waals surface area (Å²) >= 11 is 0. The van der Waals surface area contributed by atoms with Gasteiger partial charge in [-0.2, -0.15) is 0 Å². The van der Waals surface area contributed by atoms with Gasteiger partial charge in [-0.05, 0) is 36.4 Å². The summed E-state index contributed by atoms with van der Waals surface area (Å²) in [5.41, 5.74) is 2.24. The van der Waals surface area contributed by atoms with Gasteiger partial charge in [0.25, 0.3) is 5.91 Å². The largest absolute Gasteiger partial charge is 0.367 e. The van der Waals surface area contributed by atoms with Crippen molar-refractivity contribution in [2.75, 3.05) is 41.3 Å². The molecular weight excluding hydrogens is 355 g/mol. The number of benzene rings is 2. The lowest BCUT2D eigenvalue weighted by molar-refractivity contribution is 0.102. The molecule has 0 saturated carbocycles. The molecule has 0 spiro atoms. The van der Waals surface area contributed by atoms with E-state index in [0.29, 0.717) is 17.1 Å². The van der Waals surface area contributed by atoms with Crippen molar-refractivity contribution in [3.63, 3.8) is 0 Å². The zero-order chi connectivity index (χ0) is 19.3. The molecule has 5 nitrogen and oxygen atoms in total. The lowest BCUT2D eigenvalue weighted by Crippen LogP contribution is -2.46. The molecule has 0 unspecified atom stereocenters. The summed E-state index contributed by atoms with van der Waals surface area (Å²) < 4.78 is 14.0. The number of carbonyl (C=O) groups is 1. The summed E-state index contributed by atoms with van der Waals surface area (Å²) in [6, 6.07) is 19.7. The van der Waals surface area contributed by atoms with Crippen molar-refractivity contribution in [3.05, 3.63) is 84.3 Å². The van der Waals surface area contributed by atoms with Crippen LogP contribution in [0.2, 0.25) is 0 Å². The molecule has 2 heterocycles. The van der Waals surface area contributed by atoms with Crippen LogP contribution in [-0.4, -0.2) is 37.1 Å². The third-order valence-electron chi connectivity index (χ3n) is 4.86. The van der Waals surface area contributed by atoms with E-state index in [9.17, 15) is 9.18 Å². The van der Waals surface area contributed by atoms with Gasteiger partial charge in [-0.3, -0.25) is 4.79 Å². The van der Waals surface area contributed by atoms with E-state index >= 15 is 0 Å². The van der Waals surface area contributed by atoms with Gasteiger partial charge in [0.05, 0.1) is 17.6 Å². The second kappa shape index (κ2) is 8.08. The number of pyridine rings is 1. The van der Waals surface area contributed by atoms with Crippen LogP contribution in [0.15, 0.2) is 72.9 Å². The van der Waals surface area contributed by atoms with Gasteiger partial charge in [-0.15, -0.1) is 0 Å². The van der Waals surface area contributed by atoms with Crippen LogP contribution in [0, 0.1) is 5.82 Å². The molecule has 6 heteroatoms. The number of hydrogen-bond donors (Lipinski definition) is 1. The summed E-state index contributed by atoms with van der Waals surface area (Å²) in [4.78, 5) is 20.8. The highest BCUT2D eigenvalue weighted by molar-refractivity contribution is 6.03. The Bertz CT molecular complexity index is 938. The Morgan fingerprint density at radius 3 is 2.21 bits per heavy atom. The molecule has 28 heavy (non-hydrogen) atoms. The van der Waals surface area contributed by atoms with Crippen LogP contribution in [0.5, 0.6) is 0 Å². The Morgan fingerprint density at radius 1 is 0.857 bits per heavy atom. The molecule has 3 aromatic rings. The van der Waals surface area contributed by atoms with Crippen LogP contribution in [0.1, 0.15) is 10.4 Å². The first-order valence-corrected chi connectivity index (χ1v) is 9.27. The molecule has 0 radical (unpaired) electrons. The van der Waals surface area contributed by atoms with Crippen molar-refractivity contribution in [1.82, 2.24) is 4.98 Å². The molecule has 1 aliphatic heterocycles. The Balaban J connectivity index is 1.36. The first-order valence-electron chi connectivity index (χ1n) is 9.27. The first-order chi connectivity index (χ1) is 13.7. The number of hydrogen-bond acceptors (Lipinski definition) is 4. The van der Waals surface area contributed by atoms with Gasteiger partial charge in [0.2, 0.25) is 0 Å². The van der Waals surface area contributed by atoms with E-state index in [0.717, 1.165) is 31.9 Å². The lowest BCUT2D eigenvalue weighted by atomic mass is 10.2. The highest BCUT2D eigenvalue weighted by Gasteiger charge is 2.19. The minimum atomic E-state index is -0.184. The predicted octanol–water partition coefficient (Wildman–Crippen LogP) is 3.80. The van der Waals surface area contributed by atoms with Crippen LogP contribution < -0.4 is 15.1 Å². The molecular formula is C22H21FN4O. The van der Waals surface area contributed by atoms with Gasteiger partial charge in [0.15, 0.2) is 0 Å². The number of rotatable bonds is 4. The summed E-state index contributed by atoms with van der Waals surface area (Å²) in [7, 11) is 0. The van der Waals surface area contributed by atoms with Crippen LogP contribution in [0.25, 0.3) is 0 Å². The Morgan fingerprint density at radius 2 is 1.54 bits per heavy atom. The van der Waals surface area contributed by atoms with Crippen molar-refractivity contribution >= 4 is 23.1 Å². The summed E-state index contributed by atoms with van der Waals surface area (Å²) in [6.45, 7) is 3.05. The summed E-state index contributed by atoms with van der Waals surface area (Å²) in [5, 5.41) is 2.80. The van der Waals surface area contributed by atoms with Gasteiger partial charge in [-0.25, -0.2) is 9.37 Å². The van der Waals surface area contributed by atoms with Gasteiger partial charge in [-0.1, -0.05) is 30.3 Å². The maximum absolute atomic E-state index is 14.0. The van der Waals surface area contributed by atoms with Crippen LogP contribution in [0.4, 0.5) is 21.6 Å². The number of para-hydroxylation sites is 1. The fourth-order valence-electron chi connectivity index (χ4n) is 3.34. The molecule has 1 fully saturated rings. The van der Waals surface area contributed by atoms with Gasteiger partial charge in [0.1, 0.15) is 11.6 Å². The number of anilines is 3. The number of carbonyl (C=O) groups excluding carboxylic acids is 1. The normalized spacial score (nSPS) is 14.0. The summed E-state index contributed by atoms with van der Waals surface area (Å²) in [6.07, 6.45) is 1.76. The maximum Gasteiger partial charge on any atom is 0.256 e. The predicted molar refractivity (Wildman–Crippen MR) is 109 cm³/mol. The van der Waals surface area contributed by atoms with E-state index in [1.807, 2.05) is 36.4 Å². The first kappa shape index (κ1) is 18.0. The van der Waals surface area contributed by atoms with E-state index in [1.54, 1.807) is 30.5 Å². The molecule has 1 N–H and O–H groups in total. The highest BCUT2D eigenvalue weighted by atomic mass is 19.1. The number of halogens is 1. The quantitative estimate of drug-likeness (QED) is 0.753. The molecule has 2 aromatic carbocycles. The molecule has 1 aliphatic rings. The molecule has 142 valence electrons. The molecule has 0 aliphatic carbocycles. The zero-order valence-electron chi connectivity index (χ0n) is 15.4. The molecule has 1 amide bonds. The van der Waals surface area contributed by atoms with Gasteiger partial charge < -0.3 is 15.1 Å².